The molecule has 0 saturated heterocycles. The lowest BCUT2D eigenvalue weighted by Gasteiger charge is -2.12. The molecule has 1 aliphatic rings. The zero-order chi connectivity index (χ0) is 11.6. The van der Waals surface area contributed by atoms with Gasteiger partial charge in [-0.25, -0.2) is 4.39 Å². The Bertz CT molecular complexity index is 407. The molecule has 1 aromatic rings. The van der Waals surface area contributed by atoms with Gasteiger partial charge in [-0.15, -0.1) is 0 Å². The summed E-state index contributed by atoms with van der Waals surface area (Å²) in [5, 5.41) is 3.69. The summed E-state index contributed by atoms with van der Waals surface area (Å²) in [6.07, 6.45) is 4.70. The van der Waals surface area contributed by atoms with E-state index in [1.54, 1.807) is 0 Å². The summed E-state index contributed by atoms with van der Waals surface area (Å²) in [6, 6.07) is 1.19. The van der Waals surface area contributed by atoms with Crippen molar-refractivity contribution in [2.75, 3.05) is 11.9 Å². The van der Waals surface area contributed by atoms with Gasteiger partial charge in [0.15, 0.2) is 0 Å². The topological polar surface area (TPSA) is 42.0 Å². The Morgan fingerprint density at radius 2 is 2.31 bits per heavy atom. The van der Waals surface area contributed by atoms with Crippen LogP contribution in [0.1, 0.15) is 23.2 Å². The quantitative estimate of drug-likeness (QED) is 0.862. The SMILES string of the molecule is O=C(NCC1(CBr)CC1)c1cncc(F)c1. The highest BCUT2D eigenvalue weighted by molar-refractivity contribution is 9.09. The van der Waals surface area contributed by atoms with Crippen LogP contribution in [0.3, 0.4) is 0 Å². The predicted octanol–water partition coefficient (Wildman–Crippen LogP) is 2.13. The monoisotopic (exact) mass is 286 g/mol. The van der Waals surface area contributed by atoms with Crippen LogP contribution >= 0.6 is 15.9 Å². The highest BCUT2D eigenvalue weighted by atomic mass is 79.9. The van der Waals surface area contributed by atoms with Gasteiger partial charge in [-0.05, 0) is 24.3 Å². The first kappa shape index (κ1) is 11.5. The van der Waals surface area contributed by atoms with Crippen molar-refractivity contribution in [3.05, 3.63) is 29.8 Å². The van der Waals surface area contributed by atoms with Crippen molar-refractivity contribution in [2.45, 2.75) is 12.8 Å². The first-order valence-electron chi connectivity index (χ1n) is 5.10. The molecule has 0 aromatic carbocycles. The minimum Gasteiger partial charge on any atom is -0.351 e. The van der Waals surface area contributed by atoms with Crippen LogP contribution in [0.5, 0.6) is 0 Å². The molecule has 0 spiro atoms. The van der Waals surface area contributed by atoms with E-state index in [4.69, 9.17) is 0 Å². The van der Waals surface area contributed by atoms with Gasteiger partial charge in [0.1, 0.15) is 5.82 Å². The standard InChI is InChI=1S/C11H12BrFN2O/c12-6-11(1-2-11)7-15-10(16)8-3-9(13)5-14-4-8/h3-5H,1-2,6-7H2,(H,15,16). The summed E-state index contributed by atoms with van der Waals surface area (Å²) >= 11 is 3.43. The number of rotatable bonds is 4. The number of carbonyl (C=O) groups excluding carboxylic acids is 1. The Morgan fingerprint density at radius 1 is 1.56 bits per heavy atom. The summed E-state index contributed by atoms with van der Waals surface area (Å²) in [5.41, 5.74) is 0.488. The molecule has 0 radical (unpaired) electrons. The van der Waals surface area contributed by atoms with Crippen molar-refractivity contribution in [1.82, 2.24) is 10.3 Å². The average molecular weight is 287 g/mol. The molecule has 3 nitrogen and oxygen atoms in total. The van der Waals surface area contributed by atoms with E-state index < -0.39 is 5.82 Å². The normalized spacial score (nSPS) is 16.9. The number of hydrogen-bond donors (Lipinski definition) is 1. The Hall–Kier alpha value is -0.970. The predicted molar refractivity (Wildman–Crippen MR) is 62.0 cm³/mol. The van der Waals surface area contributed by atoms with Gasteiger partial charge >= 0.3 is 0 Å². The summed E-state index contributed by atoms with van der Waals surface area (Å²) in [5.74, 6) is -0.756. The number of halogens is 2. The number of alkyl halides is 1. The molecule has 1 fully saturated rings. The average Bonchev–Trinajstić information content (AvgIpc) is 3.07. The molecule has 1 N–H and O–H groups in total. The highest BCUT2D eigenvalue weighted by Gasteiger charge is 2.41. The summed E-state index contributed by atoms with van der Waals surface area (Å²) in [6.45, 7) is 0.633. The van der Waals surface area contributed by atoms with E-state index in [0.29, 0.717) is 6.54 Å². The van der Waals surface area contributed by atoms with Crippen LogP contribution in [0.15, 0.2) is 18.5 Å². The number of amides is 1. The fourth-order valence-electron chi connectivity index (χ4n) is 1.44. The number of nitrogens with one attached hydrogen (secondary N) is 1. The second-order valence-electron chi connectivity index (χ2n) is 4.21. The lowest BCUT2D eigenvalue weighted by atomic mass is 10.1. The Balaban J connectivity index is 1.93. The zero-order valence-corrected chi connectivity index (χ0v) is 10.3. The molecular weight excluding hydrogens is 275 g/mol. The van der Waals surface area contributed by atoms with Crippen molar-refractivity contribution in [3.63, 3.8) is 0 Å². The molecule has 0 aliphatic heterocycles. The van der Waals surface area contributed by atoms with Crippen molar-refractivity contribution < 1.29 is 9.18 Å². The van der Waals surface area contributed by atoms with Crippen molar-refractivity contribution in [2.24, 2.45) is 5.41 Å². The molecule has 0 bridgehead atoms. The fourth-order valence-corrected chi connectivity index (χ4v) is 2.20. The minimum atomic E-state index is -0.491. The van der Waals surface area contributed by atoms with Gasteiger partial charge in [0, 0.05) is 18.1 Å². The van der Waals surface area contributed by atoms with E-state index in [1.807, 2.05) is 0 Å². The van der Waals surface area contributed by atoms with E-state index in [0.717, 1.165) is 24.4 Å². The molecule has 1 saturated carbocycles. The molecule has 2 rings (SSSR count). The van der Waals surface area contributed by atoms with Crippen molar-refractivity contribution in [3.8, 4) is 0 Å². The van der Waals surface area contributed by atoms with Gasteiger partial charge in [0.2, 0.25) is 0 Å². The molecule has 1 heterocycles. The van der Waals surface area contributed by atoms with Crippen LogP contribution in [0.4, 0.5) is 4.39 Å². The molecular formula is C11H12BrFN2O. The zero-order valence-electron chi connectivity index (χ0n) is 8.67. The van der Waals surface area contributed by atoms with Crippen LogP contribution in [-0.4, -0.2) is 22.8 Å². The maximum absolute atomic E-state index is 12.8. The van der Waals surface area contributed by atoms with Gasteiger partial charge in [0.05, 0.1) is 11.8 Å². The van der Waals surface area contributed by atoms with Crippen LogP contribution < -0.4 is 5.32 Å². The Labute approximate surface area is 102 Å². The fraction of sp³-hybridized carbons (Fsp3) is 0.455. The first-order valence-corrected chi connectivity index (χ1v) is 6.22. The molecule has 0 atom stereocenters. The third-order valence-electron chi connectivity index (χ3n) is 2.83. The highest BCUT2D eigenvalue weighted by Crippen LogP contribution is 2.46. The smallest absolute Gasteiger partial charge is 0.252 e. The summed E-state index contributed by atoms with van der Waals surface area (Å²) < 4.78 is 12.8. The van der Waals surface area contributed by atoms with Crippen LogP contribution in [0.25, 0.3) is 0 Å². The van der Waals surface area contributed by atoms with Crippen molar-refractivity contribution >= 4 is 21.8 Å². The Morgan fingerprint density at radius 3 is 2.88 bits per heavy atom. The maximum atomic E-state index is 12.8. The van der Waals surface area contributed by atoms with Gasteiger partial charge in [-0.1, -0.05) is 15.9 Å². The van der Waals surface area contributed by atoms with Gasteiger partial charge in [-0.2, -0.15) is 0 Å². The van der Waals surface area contributed by atoms with E-state index in [1.165, 1.54) is 12.3 Å². The maximum Gasteiger partial charge on any atom is 0.252 e. The number of pyridine rings is 1. The second kappa shape index (κ2) is 4.49. The second-order valence-corrected chi connectivity index (χ2v) is 4.77. The summed E-state index contributed by atoms with van der Waals surface area (Å²) in [7, 11) is 0. The third kappa shape index (κ3) is 2.58. The number of hydrogen-bond acceptors (Lipinski definition) is 2. The number of carbonyl (C=O) groups is 1. The van der Waals surface area contributed by atoms with E-state index in [-0.39, 0.29) is 16.9 Å². The molecule has 1 amide bonds. The van der Waals surface area contributed by atoms with Gasteiger partial charge in [-0.3, -0.25) is 9.78 Å². The summed E-state index contributed by atoms with van der Waals surface area (Å²) in [4.78, 5) is 15.3. The molecule has 1 aromatic heterocycles. The van der Waals surface area contributed by atoms with E-state index >= 15 is 0 Å². The van der Waals surface area contributed by atoms with Crippen LogP contribution in [0, 0.1) is 11.2 Å². The lowest BCUT2D eigenvalue weighted by Crippen LogP contribution is -2.31. The first-order chi connectivity index (χ1) is 7.65. The number of nitrogens with zero attached hydrogens (tertiary/aromatic N) is 1. The van der Waals surface area contributed by atoms with Gasteiger partial charge in [0.25, 0.3) is 5.91 Å². The van der Waals surface area contributed by atoms with Gasteiger partial charge < -0.3 is 5.32 Å². The van der Waals surface area contributed by atoms with Crippen LogP contribution in [0.2, 0.25) is 0 Å². The molecule has 86 valence electrons. The molecule has 16 heavy (non-hydrogen) atoms. The molecule has 5 heteroatoms. The number of aromatic nitrogens is 1. The Kier molecular flexibility index (Phi) is 3.23. The third-order valence-corrected chi connectivity index (χ3v) is 4.02. The molecule has 1 aliphatic carbocycles. The largest absolute Gasteiger partial charge is 0.351 e. The minimum absolute atomic E-state index is 0.219. The lowest BCUT2D eigenvalue weighted by molar-refractivity contribution is 0.0945. The van der Waals surface area contributed by atoms with E-state index in [9.17, 15) is 9.18 Å². The van der Waals surface area contributed by atoms with Crippen LogP contribution in [-0.2, 0) is 0 Å². The van der Waals surface area contributed by atoms with Crippen molar-refractivity contribution in [1.29, 1.82) is 0 Å². The molecule has 0 unspecified atom stereocenters. The van der Waals surface area contributed by atoms with E-state index in [2.05, 4.69) is 26.2 Å².